The predicted molar refractivity (Wildman–Crippen MR) is 73.6 cm³/mol. The van der Waals surface area contributed by atoms with E-state index in [1.807, 2.05) is 24.3 Å². The molecule has 102 valence electrons. The van der Waals surface area contributed by atoms with E-state index in [-0.39, 0.29) is 17.9 Å². The third kappa shape index (κ3) is 4.06. The van der Waals surface area contributed by atoms with Crippen LogP contribution in [0.5, 0.6) is 0 Å². The van der Waals surface area contributed by atoms with Crippen LogP contribution in [0.15, 0.2) is 24.3 Å². The third-order valence-corrected chi connectivity index (χ3v) is 3.12. The molecule has 3 N–H and O–H groups in total. The number of benzene rings is 1. The van der Waals surface area contributed by atoms with Gasteiger partial charge in [-0.1, -0.05) is 18.2 Å². The number of rotatable bonds is 5. The Bertz CT molecular complexity index is 474. The highest BCUT2D eigenvalue weighted by molar-refractivity contribution is 5.89. The van der Waals surface area contributed by atoms with Crippen molar-refractivity contribution in [1.82, 2.24) is 10.6 Å². The van der Waals surface area contributed by atoms with Gasteiger partial charge in [0, 0.05) is 38.2 Å². The zero-order chi connectivity index (χ0) is 13.7. The van der Waals surface area contributed by atoms with Crippen LogP contribution in [0.2, 0.25) is 0 Å². The smallest absolute Gasteiger partial charge is 0.221 e. The Morgan fingerprint density at radius 2 is 2.21 bits per heavy atom. The number of carbonyl (C=O) groups is 2. The molecule has 1 atom stereocenters. The van der Waals surface area contributed by atoms with Crippen LogP contribution in [-0.2, 0) is 16.1 Å². The second-order valence-electron chi connectivity index (χ2n) is 4.77. The van der Waals surface area contributed by atoms with Crippen molar-refractivity contribution in [2.45, 2.75) is 32.4 Å². The fourth-order valence-corrected chi connectivity index (χ4v) is 2.20. The third-order valence-electron chi connectivity index (χ3n) is 3.12. The minimum atomic E-state index is -0.0736. The molecule has 1 aliphatic rings. The summed E-state index contributed by atoms with van der Waals surface area (Å²) < 4.78 is 0. The fourth-order valence-electron chi connectivity index (χ4n) is 2.20. The van der Waals surface area contributed by atoms with Crippen molar-refractivity contribution in [3.8, 4) is 0 Å². The van der Waals surface area contributed by atoms with Gasteiger partial charge in [-0.15, -0.1) is 0 Å². The van der Waals surface area contributed by atoms with Crippen molar-refractivity contribution < 1.29 is 9.59 Å². The first-order valence-electron chi connectivity index (χ1n) is 6.50. The summed E-state index contributed by atoms with van der Waals surface area (Å²) in [5.74, 6) is 0.0564. The largest absolute Gasteiger partial charge is 0.352 e. The Labute approximate surface area is 112 Å². The van der Waals surface area contributed by atoms with Crippen LogP contribution >= 0.6 is 0 Å². The lowest BCUT2D eigenvalue weighted by Gasteiger charge is -2.13. The minimum absolute atomic E-state index is 0.0736. The molecule has 0 bridgehead atoms. The standard InChI is InChI=1S/C14H19N3O2/c1-10(18)16-13-5-3-2-4-11(13)8-15-9-12-6-7-14(19)17-12/h2-5,12,15H,6-9H2,1H3,(H,16,18)(H,17,19). The average molecular weight is 261 g/mol. The van der Waals surface area contributed by atoms with E-state index in [4.69, 9.17) is 0 Å². The van der Waals surface area contributed by atoms with E-state index in [2.05, 4.69) is 16.0 Å². The summed E-state index contributed by atoms with van der Waals surface area (Å²) in [5.41, 5.74) is 1.87. The first-order chi connectivity index (χ1) is 9.15. The van der Waals surface area contributed by atoms with Crippen LogP contribution < -0.4 is 16.0 Å². The van der Waals surface area contributed by atoms with Gasteiger partial charge in [0.05, 0.1) is 0 Å². The molecular formula is C14H19N3O2. The van der Waals surface area contributed by atoms with Gasteiger partial charge in [-0.2, -0.15) is 0 Å². The molecule has 1 aliphatic heterocycles. The Balaban J connectivity index is 1.85. The van der Waals surface area contributed by atoms with Crippen molar-refractivity contribution in [3.05, 3.63) is 29.8 Å². The average Bonchev–Trinajstić information content (AvgIpc) is 2.77. The van der Waals surface area contributed by atoms with E-state index in [1.165, 1.54) is 6.92 Å². The fraction of sp³-hybridized carbons (Fsp3) is 0.429. The van der Waals surface area contributed by atoms with E-state index in [1.54, 1.807) is 0 Å². The monoisotopic (exact) mass is 261 g/mol. The number of carbonyl (C=O) groups excluding carboxylic acids is 2. The Morgan fingerprint density at radius 3 is 2.89 bits per heavy atom. The number of hydrogen-bond acceptors (Lipinski definition) is 3. The number of para-hydroxylation sites is 1. The minimum Gasteiger partial charge on any atom is -0.352 e. The lowest BCUT2D eigenvalue weighted by molar-refractivity contribution is -0.119. The maximum atomic E-state index is 11.1. The van der Waals surface area contributed by atoms with Gasteiger partial charge in [-0.3, -0.25) is 9.59 Å². The zero-order valence-electron chi connectivity index (χ0n) is 11.0. The Morgan fingerprint density at radius 1 is 1.42 bits per heavy atom. The highest BCUT2D eigenvalue weighted by atomic mass is 16.2. The van der Waals surface area contributed by atoms with E-state index in [9.17, 15) is 9.59 Å². The number of hydrogen-bond donors (Lipinski definition) is 3. The summed E-state index contributed by atoms with van der Waals surface area (Å²) in [6.07, 6.45) is 1.51. The van der Waals surface area contributed by atoms with E-state index in [0.29, 0.717) is 13.0 Å². The number of nitrogens with one attached hydrogen (secondary N) is 3. The van der Waals surface area contributed by atoms with Crippen LogP contribution in [0.1, 0.15) is 25.3 Å². The van der Waals surface area contributed by atoms with Crippen molar-refractivity contribution in [2.24, 2.45) is 0 Å². The molecule has 0 aromatic heterocycles. The maximum Gasteiger partial charge on any atom is 0.221 e. The van der Waals surface area contributed by atoms with Crippen LogP contribution in [0.3, 0.4) is 0 Å². The summed E-state index contributed by atoms with van der Waals surface area (Å²) in [4.78, 5) is 22.2. The molecule has 5 nitrogen and oxygen atoms in total. The maximum absolute atomic E-state index is 11.1. The summed E-state index contributed by atoms with van der Waals surface area (Å²) in [7, 11) is 0. The summed E-state index contributed by atoms with van der Waals surface area (Å²) in [5, 5.41) is 9.04. The SMILES string of the molecule is CC(=O)Nc1ccccc1CNCC1CCC(=O)N1. The molecule has 5 heteroatoms. The van der Waals surface area contributed by atoms with Crippen molar-refractivity contribution >= 4 is 17.5 Å². The molecule has 1 saturated heterocycles. The molecule has 1 aromatic carbocycles. The first kappa shape index (κ1) is 13.5. The number of amides is 2. The van der Waals surface area contributed by atoms with E-state index < -0.39 is 0 Å². The summed E-state index contributed by atoms with van der Waals surface area (Å²) in [6.45, 7) is 2.92. The lowest BCUT2D eigenvalue weighted by atomic mass is 10.1. The first-order valence-corrected chi connectivity index (χ1v) is 6.50. The van der Waals surface area contributed by atoms with E-state index in [0.717, 1.165) is 24.2 Å². The van der Waals surface area contributed by atoms with E-state index >= 15 is 0 Å². The van der Waals surface area contributed by atoms with Gasteiger partial charge in [-0.25, -0.2) is 0 Å². The van der Waals surface area contributed by atoms with Crippen LogP contribution in [-0.4, -0.2) is 24.4 Å². The van der Waals surface area contributed by atoms with Gasteiger partial charge in [-0.05, 0) is 18.1 Å². The van der Waals surface area contributed by atoms with Crippen molar-refractivity contribution in [1.29, 1.82) is 0 Å². The molecule has 1 aromatic rings. The van der Waals surface area contributed by atoms with Gasteiger partial charge in [0.2, 0.25) is 11.8 Å². The Hall–Kier alpha value is -1.88. The van der Waals surface area contributed by atoms with Gasteiger partial charge < -0.3 is 16.0 Å². The molecular weight excluding hydrogens is 242 g/mol. The van der Waals surface area contributed by atoms with Crippen molar-refractivity contribution in [3.63, 3.8) is 0 Å². The highest BCUT2D eigenvalue weighted by Crippen LogP contribution is 2.14. The predicted octanol–water partition coefficient (Wildman–Crippen LogP) is 1.01. The zero-order valence-corrected chi connectivity index (χ0v) is 11.0. The summed E-state index contributed by atoms with van der Waals surface area (Å²) >= 11 is 0. The lowest BCUT2D eigenvalue weighted by Crippen LogP contribution is -2.35. The second kappa shape index (κ2) is 6.33. The van der Waals surface area contributed by atoms with Crippen LogP contribution in [0, 0.1) is 0 Å². The quantitative estimate of drug-likeness (QED) is 0.741. The normalized spacial score (nSPS) is 18.2. The second-order valence-corrected chi connectivity index (χ2v) is 4.77. The molecule has 2 amide bonds. The van der Waals surface area contributed by atoms with Crippen LogP contribution in [0.25, 0.3) is 0 Å². The highest BCUT2D eigenvalue weighted by Gasteiger charge is 2.19. The Kier molecular flexibility index (Phi) is 4.52. The van der Waals surface area contributed by atoms with Gasteiger partial charge >= 0.3 is 0 Å². The molecule has 1 heterocycles. The summed E-state index contributed by atoms with van der Waals surface area (Å²) in [6, 6.07) is 7.92. The molecule has 0 radical (unpaired) electrons. The van der Waals surface area contributed by atoms with Gasteiger partial charge in [0.1, 0.15) is 0 Å². The van der Waals surface area contributed by atoms with Crippen LogP contribution in [0.4, 0.5) is 5.69 Å². The number of anilines is 1. The molecule has 0 aliphatic carbocycles. The molecule has 1 fully saturated rings. The molecule has 1 unspecified atom stereocenters. The van der Waals surface area contributed by atoms with Crippen molar-refractivity contribution in [2.75, 3.05) is 11.9 Å². The molecule has 2 rings (SSSR count). The molecule has 19 heavy (non-hydrogen) atoms. The van der Waals surface area contributed by atoms with Gasteiger partial charge in [0.15, 0.2) is 0 Å². The molecule has 0 saturated carbocycles. The van der Waals surface area contributed by atoms with Gasteiger partial charge in [0.25, 0.3) is 0 Å². The topological polar surface area (TPSA) is 70.2 Å². The molecule has 0 spiro atoms.